The lowest BCUT2D eigenvalue weighted by atomic mass is 10.1. The van der Waals surface area contributed by atoms with Gasteiger partial charge in [0.2, 0.25) is 11.8 Å². The zero-order chi connectivity index (χ0) is 27.0. The van der Waals surface area contributed by atoms with Crippen LogP contribution < -0.4 is 9.62 Å². The fraction of sp³-hybridized carbons (Fsp3) is 0.286. The maximum absolute atomic E-state index is 13.9. The minimum Gasteiger partial charge on any atom is -0.355 e. The number of halogens is 1. The summed E-state index contributed by atoms with van der Waals surface area (Å²) in [7, 11) is -4.07. The second kappa shape index (κ2) is 12.9. The molecular weight excluding hydrogens is 554 g/mol. The van der Waals surface area contributed by atoms with Crippen molar-refractivity contribution in [2.45, 2.75) is 44.7 Å². The third-order valence-electron chi connectivity index (χ3n) is 6.06. The normalized spacial score (nSPS) is 12.0. The van der Waals surface area contributed by atoms with E-state index in [4.69, 9.17) is 0 Å². The first kappa shape index (κ1) is 28.4. The molecule has 0 spiro atoms. The van der Waals surface area contributed by atoms with Gasteiger partial charge in [0.25, 0.3) is 10.0 Å². The molecule has 0 aliphatic heterocycles. The number of carbonyl (C=O) groups excluding carboxylic acids is 2. The van der Waals surface area contributed by atoms with Crippen molar-refractivity contribution in [3.8, 4) is 0 Å². The maximum Gasteiger partial charge on any atom is 0.264 e. The topological polar surface area (TPSA) is 86.8 Å². The number of hydrogen-bond donors (Lipinski definition) is 1. The van der Waals surface area contributed by atoms with E-state index in [9.17, 15) is 18.0 Å². The van der Waals surface area contributed by atoms with Gasteiger partial charge in [-0.25, -0.2) is 8.42 Å². The van der Waals surface area contributed by atoms with Gasteiger partial charge in [-0.1, -0.05) is 65.3 Å². The summed E-state index contributed by atoms with van der Waals surface area (Å²) < 4.78 is 29.3. The number of amides is 2. The van der Waals surface area contributed by atoms with E-state index in [0.717, 1.165) is 19.9 Å². The predicted octanol–water partition coefficient (Wildman–Crippen LogP) is 4.90. The fourth-order valence-corrected chi connectivity index (χ4v) is 5.74. The summed E-state index contributed by atoms with van der Waals surface area (Å²) in [5, 5.41) is 2.81. The maximum atomic E-state index is 13.9. The second-order valence-corrected chi connectivity index (χ2v) is 11.3. The van der Waals surface area contributed by atoms with E-state index >= 15 is 0 Å². The Balaban J connectivity index is 2.05. The number of benzene rings is 3. The second-order valence-electron chi connectivity index (χ2n) is 8.57. The molecule has 3 aromatic rings. The summed E-state index contributed by atoms with van der Waals surface area (Å²) >= 11 is 3.38. The van der Waals surface area contributed by atoms with Crippen molar-refractivity contribution in [3.63, 3.8) is 0 Å². The summed E-state index contributed by atoms with van der Waals surface area (Å²) in [4.78, 5) is 28.5. The molecule has 2 amide bonds. The lowest BCUT2D eigenvalue weighted by Gasteiger charge is -2.33. The summed E-state index contributed by atoms with van der Waals surface area (Å²) in [5.74, 6) is -0.739. The van der Waals surface area contributed by atoms with Crippen LogP contribution in [0.3, 0.4) is 0 Å². The summed E-state index contributed by atoms with van der Waals surface area (Å²) in [6, 6.07) is 21.6. The zero-order valence-corrected chi connectivity index (χ0v) is 23.6. The highest BCUT2D eigenvalue weighted by Gasteiger charge is 2.33. The van der Waals surface area contributed by atoms with E-state index in [1.165, 1.54) is 17.0 Å². The van der Waals surface area contributed by atoms with Crippen LogP contribution >= 0.6 is 15.9 Å². The molecule has 1 atom stereocenters. The SMILES string of the molecule is CCNC(=O)C(CC)N(Cc1ccccc1C)C(=O)CN(c1ccc(Br)cc1)S(=O)(=O)c1ccccc1. The lowest BCUT2D eigenvalue weighted by molar-refractivity contribution is -0.140. The van der Waals surface area contributed by atoms with E-state index in [0.29, 0.717) is 18.7 Å². The van der Waals surface area contributed by atoms with Crippen molar-refractivity contribution in [2.24, 2.45) is 0 Å². The smallest absolute Gasteiger partial charge is 0.264 e. The average Bonchev–Trinajstić information content (AvgIpc) is 2.89. The van der Waals surface area contributed by atoms with E-state index in [2.05, 4.69) is 21.2 Å². The van der Waals surface area contributed by atoms with Crippen LogP contribution in [0.2, 0.25) is 0 Å². The Bertz CT molecular complexity index is 1310. The lowest BCUT2D eigenvalue weighted by Crippen LogP contribution is -2.52. The predicted molar refractivity (Wildman–Crippen MR) is 150 cm³/mol. The molecule has 37 heavy (non-hydrogen) atoms. The molecule has 9 heteroatoms. The Kier molecular flexibility index (Phi) is 9.88. The molecule has 0 fully saturated rings. The van der Waals surface area contributed by atoms with Crippen molar-refractivity contribution in [2.75, 3.05) is 17.4 Å². The van der Waals surface area contributed by atoms with Gasteiger partial charge < -0.3 is 10.2 Å². The zero-order valence-electron chi connectivity index (χ0n) is 21.2. The molecule has 196 valence electrons. The van der Waals surface area contributed by atoms with Gasteiger partial charge in [0.15, 0.2) is 0 Å². The van der Waals surface area contributed by atoms with Crippen molar-refractivity contribution in [1.82, 2.24) is 10.2 Å². The summed E-state index contributed by atoms with van der Waals surface area (Å²) in [6.45, 7) is 5.75. The van der Waals surface area contributed by atoms with Crippen LogP contribution in [0.4, 0.5) is 5.69 Å². The third-order valence-corrected chi connectivity index (χ3v) is 8.38. The van der Waals surface area contributed by atoms with Gasteiger partial charge in [0, 0.05) is 17.6 Å². The summed E-state index contributed by atoms with van der Waals surface area (Å²) in [6.07, 6.45) is 0.382. The molecule has 3 rings (SSSR count). The highest BCUT2D eigenvalue weighted by atomic mass is 79.9. The monoisotopic (exact) mass is 585 g/mol. The van der Waals surface area contributed by atoms with E-state index < -0.39 is 28.5 Å². The van der Waals surface area contributed by atoms with Gasteiger partial charge in [-0.05, 0) is 67.8 Å². The molecule has 0 bridgehead atoms. The Labute approximate surface area is 227 Å². The number of carbonyl (C=O) groups is 2. The first-order chi connectivity index (χ1) is 17.7. The standard InChI is InChI=1S/C28H32BrN3O4S/c1-4-26(28(34)30-5-2)31(19-22-12-10-9-11-21(22)3)27(33)20-32(24-17-15-23(29)16-18-24)37(35,36)25-13-7-6-8-14-25/h6-18,26H,4-5,19-20H2,1-3H3,(H,30,34). The average molecular weight is 587 g/mol. The van der Waals surface area contributed by atoms with Crippen LogP contribution in [-0.2, 0) is 26.2 Å². The molecule has 0 heterocycles. The van der Waals surface area contributed by atoms with Crippen LogP contribution in [0.15, 0.2) is 88.2 Å². The molecule has 3 aromatic carbocycles. The minimum absolute atomic E-state index is 0.0759. The molecule has 0 radical (unpaired) electrons. The van der Waals surface area contributed by atoms with E-state index in [1.807, 2.05) is 45.0 Å². The number of nitrogens with zero attached hydrogens (tertiary/aromatic N) is 2. The molecule has 0 saturated heterocycles. The molecule has 0 aromatic heterocycles. The van der Waals surface area contributed by atoms with Gasteiger partial charge >= 0.3 is 0 Å². The van der Waals surface area contributed by atoms with Crippen LogP contribution in [0, 0.1) is 6.92 Å². The number of anilines is 1. The molecule has 7 nitrogen and oxygen atoms in total. The third kappa shape index (κ3) is 6.99. The molecule has 0 aliphatic carbocycles. The number of aryl methyl sites for hydroxylation is 1. The molecule has 1 N–H and O–H groups in total. The van der Waals surface area contributed by atoms with Gasteiger partial charge in [-0.3, -0.25) is 13.9 Å². The molecule has 0 saturated carbocycles. The molecule has 1 unspecified atom stereocenters. The Morgan fingerprint density at radius 3 is 2.14 bits per heavy atom. The Hall–Kier alpha value is -3.17. The molecule has 0 aliphatic rings. The number of hydrogen-bond acceptors (Lipinski definition) is 4. The largest absolute Gasteiger partial charge is 0.355 e. The van der Waals surface area contributed by atoms with E-state index in [-0.39, 0.29) is 17.3 Å². The quantitative estimate of drug-likeness (QED) is 0.347. The van der Waals surface area contributed by atoms with Crippen molar-refractivity contribution >= 4 is 43.5 Å². The summed E-state index contributed by atoms with van der Waals surface area (Å²) in [5.41, 5.74) is 2.22. The highest BCUT2D eigenvalue weighted by molar-refractivity contribution is 9.10. The van der Waals surface area contributed by atoms with Crippen molar-refractivity contribution in [1.29, 1.82) is 0 Å². The van der Waals surface area contributed by atoms with Crippen LogP contribution in [0.25, 0.3) is 0 Å². The number of rotatable bonds is 11. The minimum atomic E-state index is -4.07. The number of sulfonamides is 1. The van der Waals surface area contributed by atoms with Crippen LogP contribution in [0.1, 0.15) is 31.4 Å². The fourth-order valence-electron chi connectivity index (χ4n) is 4.04. The van der Waals surface area contributed by atoms with Gasteiger partial charge in [-0.15, -0.1) is 0 Å². The van der Waals surface area contributed by atoms with Gasteiger partial charge in [0.1, 0.15) is 12.6 Å². The first-order valence-electron chi connectivity index (χ1n) is 12.1. The van der Waals surface area contributed by atoms with Gasteiger partial charge in [-0.2, -0.15) is 0 Å². The number of nitrogens with one attached hydrogen (secondary N) is 1. The van der Waals surface area contributed by atoms with Crippen molar-refractivity contribution < 1.29 is 18.0 Å². The highest BCUT2D eigenvalue weighted by Crippen LogP contribution is 2.26. The van der Waals surface area contributed by atoms with Crippen LogP contribution in [0.5, 0.6) is 0 Å². The number of likely N-dealkylation sites (N-methyl/N-ethyl adjacent to an activating group) is 1. The van der Waals surface area contributed by atoms with E-state index in [1.54, 1.807) is 42.5 Å². The Morgan fingerprint density at radius 2 is 1.54 bits per heavy atom. The van der Waals surface area contributed by atoms with Crippen molar-refractivity contribution in [3.05, 3.63) is 94.5 Å². The Morgan fingerprint density at radius 1 is 0.919 bits per heavy atom. The first-order valence-corrected chi connectivity index (χ1v) is 14.4. The van der Waals surface area contributed by atoms with Crippen LogP contribution in [-0.4, -0.2) is 44.3 Å². The van der Waals surface area contributed by atoms with Gasteiger partial charge in [0.05, 0.1) is 10.6 Å². The molecular formula is C28H32BrN3O4S.